The van der Waals surface area contributed by atoms with Crippen LogP contribution < -0.4 is 19.2 Å². The predicted molar refractivity (Wildman–Crippen MR) is 5.75 cm³/mol. The molecule has 0 aromatic rings. The molecule has 0 aliphatic heterocycles. The van der Waals surface area contributed by atoms with Gasteiger partial charge in [-0.3, -0.25) is 0 Å². The van der Waals surface area contributed by atoms with E-state index in [-0.39, 0.29) is 68.3 Å². The number of hydrogen-bond acceptors (Lipinski definition) is 4. The second kappa shape index (κ2) is 12.8. The summed E-state index contributed by atoms with van der Waals surface area (Å²) in [6.45, 7) is 0. The van der Waals surface area contributed by atoms with Crippen LogP contribution in [0, 0.1) is 0 Å². The van der Waals surface area contributed by atoms with Gasteiger partial charge in [-0.05, 0) is 0 Å². The van der Waals surface area contributed by atoms with E-state index in [2.05, 4.69) is 0 Å². The third-order valence-corrected chi connectivity index (χ3v) is 0. The molecule has 0 aromatic heterocycles. The first-order chi connectivity index (χ1) is 2.00. The monoisotopic (exact) mass is 344 g/mol. The van der Waals surface area contributed by atoms with Crippen molar-refractivity contribution in [2.24, 2.45) is 0 Å². The van der Waals surface area contributed by atoms with Crippen LogP contribution >= 0.6 is 0 Å². The molecule has 0 amide bonds. The number of hydrogen-bond donors (Lipinski definition) is 0. The smallest absolute Gasteiger partial charge is 0.894 e. The minimum Gasteiger partial charge on any atom is -0.894 e. The molecule has 0 aliphatic carbocycles. The molecule has 0 spiro atoms. The Morgan fingerprint density at radius 1 is 0.556 bits per heavy atom. The van der Waals surface area contributed by atoms with Crippen LogP contribution in [0.3, 0.4) is 0 Å². The van der Waals surface area contributed by atoms with E-state index in [1.165, 1.54) is 0 Å². The molecule has 0 unspecified atom stereocenters. The van der Waals surface area contributed by atoms with E-state index in [0.29, 0.717) is 0 Å². The Morgan fingerprint density at radius 2 is 0.556 bits per heavy atom. The average molecular weight is 346 g/mol. The maximum atomic E-state index is 8.58. The van der Waals surface area contributed by atoms with Crippen LogP contribution in [0.15, 0.2) is 0 Å². The van der Waals surface area contributed by atoms with Gasteiger partial charge in [0, 0.05) is 0 Å². The molecule has 0 bridgehead atoms. The quantitative estimate of drug-likeness (QED) is 0.410. The molecule has 0 aliphatic rings. The fraction of sp³-hybridized carbons (Fsp3) is 0. The second-order valence-corrected chi connectivity index (χ2v) is 1.50. The van der Waals surface area contributed by atoms with Crippen LogP contribution in [0.5, 0.6) is 0 Å². The zero-order valence-corrected chi connectivity index (χ0v) is 8.11. The summed E-state index contributed by atoms with van der Waals surface area (Å²) in [6, 6.07) is 0. The van der Waals surface area contributed by atoms with Gasteiger partial charge in [0.15, 0.2) is 0 Å². The SMILES string of the molecule is [Cu+].[Cu+].[Cu+].[Cu+].[O-][Si]([O-])([O-])[O-]. The third kappa shape index (κ3) is 147. The number of rotatable bonds is 0. The molecule has 0 radical (unpaired) electrons. The van der Waals surface area contributed by atoms with E-state index >= 15 is 0 Å². The largest absolute Gasteiger partial charge is 1.00 e. The standard InChI is InChI=1S/4Cu.O4Si/c;;;;1-5(2,3)4/q4*+1;-4. The summed E-state index contributed by atoms with van der Waals surface area (Å²) in [4.78, 5) is 34.3. The van der Waals surface area contributed by atoms with Crippen molar-refractivity contribution in [3.63, 3.8) is 0 Å². The minimum atomic E-state index is -5.61. The van der Waals surface area contributed by atoms with Gasteiger partial charge in [0.25, 0.3) is 0 Å². The Morgan fingerprint density at radius 3 is 0.556 bits per heavy atom. The molecule has 0 atom stereocenters. The first kappa shape index (κ1) is 30.4. The van der Waals surface area contributed by atoms with Crippen molar-refractivity contribution >= 4 is 9.05 Å². The first-order valence-corrected chi connectivity index (χ1v) is 2.45. The van der Waals surface area contributed by atoms with Gasteiger partial charge in [0.1, 0.15) is 0 Å². The van der Waals surface area contributed by atoms with Gasteiger partial charge < -0.3 is 28.2 Å². The van der Waals surface area contributed by atoms with E-state index in [1.54, 1.807) is 0 Å². The Kier molecular flexibility index (Phi) is 43.2. The van der Waals surface area contributed by atoms with E-state index in [1.807, 2.05) is 0 Å². The summed E-state index contributed by atoms with van der Waals surface area (Å²) in [5, 5.41) is 0. The van der Waals surface area contributed by atoms with E-state index < -0.39 is 9.05 Å². The van der Waals surface area contributed by atoms with Crippen molar-refractivity contribution in [3.8, 4) is 0 Å². The van der Waals surface area contributed by atoms with Crippen molar-refractivity contribution in [3.05, 3.63) is 0 Å². The van der Waals surface area contributed by atoms with Crippen LogP contribution in [0.2, 0.25) is 0 Å². The molecule has 0 saturated heterocycles. The van der Waals surface area contributed by atoms with E-state index in [0.717, 1.165) is 0 Å². The minimum absolute atomic E-state index is 0. The summed E-state index contributed by atoms with van der Waals surface area (Å²) in [5.41, 5.74) is 0. The molecule has 72 valence electrons. The maximum Gasteiger partial charge on any atom is 1.00 e. The van der Waals surface area contributed by atoms with Gasteiger partial charge >= 0.3 is 68.3 Å². The van der Waals surface area contributed by atoms with E-state index in [4.69, 9.17) is 19.2 Å². The Labute approximate surface area is 95.8 Å². The molecule has 9 heavy (non-hydrogen) atoms. The van der Waals surface area contributed by atoms with Gasteiger partial charge in [0.2, 0.25) is 0 Å². The Hall–Kier alpha value is 2.13. The molecule has 0 aromatic carbocycles. The van der Waals surface area contributed by atoms with Gasteiger partial charge in [-0.1, -0.05) is 0 Å². The van der Waals surface area contributed by atoms with Crippen molar-refractivity contribution in [1.29, 1.82) is 0 Å². The summed E-state index contributed by atoms with van der Waals surface area (Å²) < 4.78 is 0. The van der Waals surface area contributed by atoms with Crippen LogP contribution in [-0.4, -0.2) is 9.05 Å². The zero-order chi connectivity index (χ0) is 4.50. The molecular formula is Cu4O4Si. The molecule has 0 saturated carbocycles. The fourth-order valence-corrected chi connectivity index (χ4v) is 0. The fourth-order valence-electron chi connectivity index (χ4n) is 0. The van der Waals surface area contributed by atoms with E-state index in [9.17, 15) is 0 Å². The Bertz CT molecular complexity index is 28.0. The zero-order valence-electron chi connectivity index (χ0n) is 3.34. The molecule has 0 rings (SSSR count). The first-order valence-electron chi connectivity index (χ1n) is 0.816. The molecular weight excluding hydrogens is 346 g/mol. The average Bonchev–Trinajstić information content (AvgIpc) is 0.722. The summed E-state index contributed by atoms with van der Waals surface area (Å²) in [7, 11) is -5.61. The third-order valence-electron chi connectivity index (χ3n) is 0. The predicted octanol–water partition coefficient (Wildman–Crippen LogP) is -5.15. The summed E-state index contributed by atoms with van der Waals surface area (Å²) in [6.07, 6.45) is 0. The molecule has 0 heterocycles. The van der Waals surface area contributed by atoms with Crippen molar-refractivity contribution in [1.82, 2.24) is 0 Å². The topological polar surface area (TPSA) is 92.2 Å². The molecule has 9 heteroatoms. The molecule has 0 fully saturated rings. The molecule has 4 nitrogen and oxygen atoms in total. The van der Waals surface area contributed by atoms with Crippen molar-refractivity contribution < 1.29 is 87.5 Å². The Balaban J connectivity index is -0.0000000133. The summed E-state index contributed by atoms with van der Waals surface area (Å²) in [5.74, 6) is 0. The van der Waals surface area contributed by atoms with Gasteiger partial charge in [0.05, 0.1) is 0 Å². The van der Waals surface area contributed by atoms with Gasteiger partial charge in [-0.15, -0.1) is 0 Å². The van der Waals surface area contributed by atoms with Gasteiger partial charge in [-0.25, -0.2) is 0 Å². The maximum absolute atomic E-state index is 8.58. The van der Waals surface area contributed by atoms with Crippen LogP contribution in [0.1, 0.15) is 0 Å². The normalized spacial score (nSPS) is 6.67. The van der Waals surface area contributed by atoms with Crippen molar-refractivity contribution in [2.75, 3.05) is 0 Å². The van der Waals surface area contributed by atoms with Crippen LogP contribution in [0.25, 0.3) is 0 Å². The van der Waals surface area contributed by atoms with Crippen molar-refractivity contribution in [2.45, 2.75) is 0 Å². The van der Waals surface area contributed by atoms with Gasteiger partial charge in [-0.2, -0.15) is 0 Å². The summed E-state index contributed by atoms with van der Waals surface area (Å²) >= 11 is 0. The second-order valence-electron chi connectivity index (χ2n) is 0.500. The van der Waals surface area contributed by atoms with Crippen LogP contribution in [-0.2, 0) is 68.3 Å². The molecule has 0 N–H and O–H groups in total. The van der Waals surface area contributed by atoms with Crippen LogP contribution in [0.4, 0.5) is 0 Å².